The lowest BCUT2D eigenvalue weighted by molar-refractivity contribution is 0.310. The van der Waals surface area contributed by atoms with E-state index in [2.05, 4.69) is 75.2 Å². The molecule has 1 unspecified atom stereocenters. The summed E-state index contributed by atoms with van der Waals surface area (Å²) in [7, 11) is 2.19. The molecule has 1 aromatic heterocycles. The molecule has 0 bridgehead atoms. The fraction of sp³-hybridized carbons (Fsp3) is 0.440. The Balaban J connectivity index is 1.80. The van der Waals surface area contributed by atoms with Crippen molar-refractivity contribution in [3.63, 3.8) is 0 Å². The predicted octanol–water partition coefficient (Wildman–Crippen LogP) is 6.32. The summed E-state index contributed by atoms with van der Waals surface area (Å²) in [5.74, 6) is 1.75. The van der Waals surface area contributed by atoms with Crippen molar-refractivity contribution >= 4 is 16.6 Å². The van der Waals surface area contributed by atoms with E-state index >= 15 is 0 Å². The van der Waals surface area contributed by atoms with E-state index in [0.29, 0.717) is 6.04 Å². The molecular weight excluding hydrogens is 342 g/mol. The maximum atomic E-state index is 4.76. The third kappa shape index (κ3) is 3.39. The third-order valence-corrected chi connectivity index (χ3v) is 6.66. The number of aromatic nitrogens is 2. The van der Waals surface area contributed by atoms with Crippen LogP contribution in [0.1, 0.15) is 50.2 Å². The molecule has 0 N–H and O–H groups in total. The highest BCUT2D eigenvalue weighted by Crippen LogP contribution is 2.36. The van der Waals surface area contributed by atoms with Crippen LogP contribution >= 0.6 is 0 Å². The first kappa shape index (κ1) is 18.9. The van der Waals surface area contributed by atoms with Gasteiger partial charge in [-0.1, -0.05) is 61.7 Å². The maximum Gasteiger partial charge on any atom is 0.159 e. The standard InChI is InChI=1S/C25H31N3/c1-17-11-10-12-18(2)23(17)24-21-15-8-9-16-22(21)25(27-26-24)28(4)19(3)20-13-6-5-7-14-20/h8-12,15-16,19-20H,5-7,13-14H2,1-4H3. The van der Waals surface area contributed by atoms with Gasteiger partial charge in [-0.05, 0) is 50.7 Å². The van der Waals surface area contributed by atoms with Gasteiger partial charge in [-0.25, -0.2) is 0 Å². The molecule has 3 nitrogen and oxygen atoms in total. The Morgan fingerprint density at radius 3 is 2.18 bits per heavy atom. The van der Waals surface area contributed by atoms with Crippen molar-refractivity contribution in [1.29, 1.82) is 0 Å². The van der Waals surface area contributed by atoms with Crippen molar-refractivity contribution in [3.8, 4) is 11.3 Å². The minimum absolute atomic E-state index is 0.476. The third-order valence-electron chi connectivity index (χ3n) is 6.66. The molecule has 28 heavy (non-hydrogen) atoms. The van der Waals surface area contributed by atoms with Gasteiger partial charge >= 0.3 is 0 Å². The van der Waals surface area contributed by atoms with E-state index in [4.69, 9.17) is 10.2 Å². The van der Waals surface area contributed by atoms with Crippen LogP contribution in [-0.4, -0.2) is 23.3 Å². The second-order valence-electron chi connectivity index (χ2n) is 8.43. The van der Waals surface area contributed by atoms with E-state index < -0.39 is 0 Å². The highest BCUT2D eigenvalue weighted by molar-refractivity contribution is 6.01. The molecule has 0 spiro atoms. The Labute approximate surface area is 168 Å². The van der Waals surface area contributed by atoms with Gasteiger partial charge in [0.2, 0.25) is 0 Å². The number of nitrogens with zero attached hydrogens (tertiary/aromatic N) is 3. The Morgan fingerprint density at radius 2 is 1.50 bits per heavy atom. The van der Waals surface area contributed by atoms with Gasteiger partial charge < -0.3 is 4.90 Å². The molecule has 1 atom stereocenters. The Morgan fingerprint density at radius 1 is 0.857 bits per heavy atom. The topological polar surface area (TPSA) is 29.0 Å². The molecule has 0 aliphatic heterocycles. The molecule has 1 aliphatic rings. The highest BCUT2D eigenvalue weighted by atomic mass is 15.3. The van der Waals surface area contributed by atoms with Crippen molar-refractivity contribution in [1.82, 2.24) is 10.2 Å². The zero-order valence-corrected chi connectivity index (χ0v) is 17.6. The summed E-state index contributed by atoms with van der Waals surface area (Å²) in [6.07, 6.45) is 6.77. The molecule has 146 valence electrons. The molecule has 1 saturated carbocycles. The number of hydrogen-bond donors (Lipinski definition) is 0. The van der Waals surface area contributed by atoms with Crippen LogP contribution in [0.25, 0.3) is 22.0 Å². The minimum Gasteiger partial charge on any atom is -0.355 e. The van der Waals surface area contributed by atoms with Crippen LogP contribution in [0, 0.1) is 19.8 Å². The van der Waals surface area contributed by atoms with Crippen molar-refractivity contribution in [3.05, 3.63) is 53.6 Å². The van der Waals surface area contributed by atoms with E-state index in [9.17, 15) is 0 Å². The highest BCUT2D eigenvalue weighted by Gasteiger charge is 2.26. The lowest BCUT2D eigenvalue weighted by Gasteiger charge is -2.35. The summed E-state index contributed by atoms with van der Waals surface area (Å²) in [6, 6.07) is 15.5. The lowest BCUT2D eigenvalue weighted by atomic mass is 9.84. The van der Waals surface area contributed by atoms with Crippen molar-refractivity contribution in [2.45, 2.75) is 58.9 Å². The van der Waals surface area contributed by atoms with E-state index in [0.717, 1.165) is 17.4 Å². The van der Waals surface area contributed by atoms with Crippen LogP contribution in [-0.2, 0) is 0 Å². The van der Waals surface area contributed by atoms with Gasteiger partial charge in [0, 0.05) is 29.4 Å². The second kappa shape index (κ2) is 7.90. The van der Waals surface area contributed by atoms with E-state index in [1.807, 2.05) is 0 Å². The fourth-order valence-corrected chi connectivity index (χ4v) is 4.85. The lowest BCUT2D eigenvalue weighted by Crippen LogP contribution is -2.37. The Kier molecular flexibility index (Phi) is 5.34. The number of fused-ring (bicyclic) bond motifs is 1. The average Bonchev–Trinajstić information content (AvgIpc) is 2.73. The second-order valence-corrected chi connectivity index (χ2v) is 8.43. The molecule has 1 aliphatic carbocycles. The van der Waals surface area contributed by atoms with Gasteiger partial charge in [0.15, 0.2) is 5.82 Å². The van der Waals surface area contributed by atoms with Crippen LogP contribution in [0.15, 0.2) is 42.5 Å². The molecule has 0 amide bonds. The SMILES string of the molecule is Cc1cccc(C)c1-c1nnc(N(C)C(C)C2CCCCC2)c2ccccc12. The minimum atomic E-state index is 0.476. The molecular formula is C25H31N3. The van der Waals surface area contributed by atoms with Gasteiger partial charge in [0.05, 0.1) is 0 Å². The summed E-state index contributed by atoms with van der Waals surface area (Å²) in [6.45, 7) is 6.67. The smallest absolute Gasteiger partial charge is 0.159 e. The molecule has 1 heterocycles. The predicted molar refractivity (Wildman–Crippen MR) is 119 cm³/mol. The molecule has 4 rings (SSSR count). The van der Waals surface area contributed by atoms with Crippen LogP contribution in [0.5, 0.6) is 0 Å². The van der Waals surface area contributed by atoms with Gasteiger partial charge in [0.1, 0.15) is 5.69 Å². The number of aryl methyl sites for hydroxylation is 2. The molecule has 1 fully saturated rings. The average molecular weight is 374 g/mol. The largest absolute Gasteiger partial charge is 0.355 e. The zero-order chi connectivity index (χ0) is 19.7. The summed E-state index contributed by atoms with van der Waals surface area (Å²) < 4.78 is 0. The number of anilines is 1. The molecule has 0 radical (unpaired) electrons. The van der Waals surface area contributed by atoms with Crippen molar-refractivity contribution in [2.75, 3.05) is 11.9 Å². The quantitative estimate of drug-likeness (QED) is 0.536. The number of rotatable bonds is 4. The number of hydrogen-bond acceptors (Lipinski definition) is 3. The number of benzene rings is 2. The Bertz CT molecular complexity index is 952. The van der Waals surface area contributed by atoms with Gasteiger partial charge in [-0.15, -0.1) is 10.2 Å². The van der Waals surface area contributed by atoms with Gasteiger partial charge in [0.25, 0.3) is 0 Å². The maximum absolute atomic E-state index is 4.76. The van der Waals surface area contributed by atoms with E-state index in [-0.39, 0.29) is 0 Å². The first-order valence-electron chi connectivity index (χ1n) is 10.6. The molecule has 0 saturated heterocycles. The Hall–Kier alpha value is -2.42. The van der Waals surface area contributed by atoms with Crippen LogP contribution < -0.4 is 4.90 Å². The molecule has 3 aromatic rings. The molecule has 2 aromatic carbocycles. The summed E-state index contributed by atoms with van der Waals surface area (Å²) in [4.78, 5) is 2.36. The monoisotopic (exact) mass is 373 g/mol. The summed E-state index contributed by atoms with van der Waals surface area (Å²) >= 11 is 0. The van der Waals surface area contributed by atoms with Gasteiger partial charge in [-0.2, -0.15) is 0 Å². The molecule has 3 heteroatoms. The van der Waals surface area contributed by atoms with E-state index in [1.54, 1.807) is 0 Å². The van der Waals surface area contributed by atoms with Gasteiger partial charge in [-0.3, -0.25) is 0 Å². The fourth-order valence-electron chi connectivity index (χ4n) is 4.85. The van der Waals surface area contributed by atoms with Crippen LogP contribution in [0.2, 0.25) is 0 Å². The normalized spacial score (nSPS) is 16.3. The first-order valence-corrected chi connectivity index (χ1v) is 10.6. The van der Waals surface area contributed by atoms with Crippen molar-refractivity contribution < 1.29 is 0 Å². The van der Waals surface area contributed by atoms with E-state index in [1.165, 1.54) is 59.6 Å². The van der Waals surface area contributed by atoms with Crippen LogP contribution in [0.3, 0.4) is 0 Å². The first-order chi connectivity index (χ1) is 13.6. The summed E-state index contributed by atoms with van der Waals surface area (Å²) in [5.41, 5.74) is 4.70. The zero-order valence-electron chi connectivity index (χ0n) is 17.6. The van der Waals surface area contributed by atoms with Crippen molar-refractivity contribution in [2.24, 2.45) is 5.92 Å². The summed E-state index contributed by atoms with van der Waals surface area (Å²) in [5, 5.41) is 11.9. The van der Waals surface area contributed by atoms with Crippen LogP contribution in [0.4, 0.5) is 5.82 Å².